The van der Waals surface area contributed by atoms with Crippen molar-refractivity contribution in [1.29, 1.82) is 0 Å². The first-order chi connectivity index (χ1) is 17.8. The first-order valence-corrected chi connectivity index (χ1v) is 13.0. The van der Waals surface area contributed by atoms with Crippen LogP contribution in [0.1, 0.15) is 31.9 Å². The van der Waals surface area contributed by atoms with Gasteiger partial charge in [0.25, 0.3) is 0 Å². The van der Waals surface area contributed by atoms with E-state index in [1.807, 2.05) is 44.2 Å². The number of nitrogens with zero attached hydrogens (tertiary/aromatic N) is 3. The highest BCUT2D eigenvalue weighted by Gasteiger charge is 2.39. The number of carbonyl (C=O) groups excluding carboxylic acids is 3. The molecule has 3 N–H and O–H groups in total. The fourth-order valence-corrected chi connectivity index (χ4v) is 4.41. The van der Waals surface area contributed by atoms with Crippen LogP contribution in [0.3, 0.4) is 0 Å². The molecule has 1 aliphatic heterocycles. The van der Waals surface area contributed by atoms with Gasteiger partial charge >= 0.3 is 0 Å². The molecule has 9 heteroatoms. The maximum Gasteiger partial charge on any atom is 0.246 e. The smallest absolute Gasteiger partial charge is 0.246 e. The predicted octanol–water partition coefficient (Wildman–Crippen LogP) is 1.20. The number of carbonyl (C=O) groups is 3. The summed E-state index contributed by atoms with van der Waals surface area (Å²) in [5.74, 6) is -0.772. The van der Waals surface area contributed by atoms with Crippen LogP contribution in [0.2, 0.25) is 0 Å². The minimum atomic E-state index is -0.712. The van der Waals surface area contributed by atoms with Crippen molar-refractivity contribution in [3.05, 3.63) is 66.0 Å². The van der Waals surface area contributed by atoms with E-state index in [0.717, 1.165) is 11.1 Å². The Balaban J connectivity index is 1.74. The van der Waals surface area contributed by atoms with Crippen molar-refractivity contribution in [2.45, 2.75) is 51.9 Å². The largest absolute Gasteiger partial charge is 0.354 e. The number of nitrogens with one attached hydrogen (secondary N) is 3. The van der Waals surface area contributed by atoms with Gasteiger partial charge in [-0.3, -0.25) is 24.3 Å². The minimum Gasteiger partial charge on any atom is -0.354 e. The van der Waals surface area contributed by atoms with Crippen LogP contribution in [0.25, 0.3) is 0 Å². The number of hydrogen-bond donors (Lipinski definition) is 3. The van der Waals surface area contributed by atoms with Gasteiger partial charge in [0.1, 0.15) is 12.1 Å². The minimum absolute atomic E-state index is 0.127. The van der Waals surface area contributed by atoms with Crippen LogP contribution in [0.5, 0.6) is 0 Å². The molecule has 3 atom stereocenters. The van der Waals surface area contributed by atoms with Crippen molar-refractivity contribution < 1.29 is 14.4 Å². The lowest BCUT2D eigenvalue weighted by Crippen LogP contribution is -2.64. The highest BCUT2D eigenvalue weighted by molar-refractivity contribution is 5.93. The zero-order chi connectivity index (χ0) is 26.8. The SMILES string of the molecule is CN[C@@H](C)C(=O)N[C@H](C(=O)N1CCN(Cc2ccccc2)C[C@H]1C(=O)NCCc1ccncc1)C(C)C. The summed E-state index contributed by atoms with van der Waals surface area (Å²) in [5.41, 5.74) is 2.24. The third kappa shape index (κ3) is 8.10. The molecular formula is C28H40N6O3. The van der Waals surface area contributed by atoms with Gasteiger partial charge in [0, 0.05) is 45.1 Å². The van der Waals surface area contributed by atoms with E-state index in [1.54, 1.807) is 31.3 Å². The molecule has 2 aromatic rings. The van der Waals surface area contributed by atoms with E-state index in [2.05, 4.69) is 38.0 Å². The van der Waals surface area contributed by atoms with Gasteiger partial charge in [-0.2, -0.15) is 0 Å². The Labute approximate surface area is 220 Å². The summed E-state index contributed by atoms with van der Waals surface area (Å²) in [7, 11) is 1.70. The van der Waals surface area contributed by atoms with Crippen molar-refractivity contribution in [3.63, 3.8) is 0 Å². The summed E-state index contributed by atoms with van der Waals surface area (Å²) in [6.07, 6.45) is 4.14. The fraction of sp³-hybridized carbons (Fsp3) is 0.500. The van der Waals surface area contributed by atoms with Gasteiger partial charge in [0.15, 0.2) is 0 Å². The van der Waals surface area contributed by atoms with Crippen molar-refractivity contribution in [2.75, 3.05) is 33.2 Å². The number of piperazine rings is 1. The molecule has 0 spiro atoms. The molecule has 1 fully saturated rings. The molecule has 0 unspecified atom stereocenters. The molecule has 37 heavy (non-hydrogen) atoms. The molecule has 9 nitrogen and oxygen atoms in total. The Morgan fingerprint density at radius 1 is 1.00 bits per heavy atom. The number of pyridine rings is 1. The zero-order valence-electron chi connectivity index (χ0n) is 22.3. The Hall–Kier alpha value is -3.30. The Bertz CT molecular complexity index is 1020. The average molecular weight is 509 g/mol. The second-order valence-corrected chi connectivity index (χ2v) is 9.91. The molecule has 0 saturated carbocycles. The maximum atomic E-state index is 13.7. The van der Waals surface area contributed by atoms with Crippen molar-refractivity contribution in [3.8, 4) is 0 Å². The summed E-state index contributed by atoms with van der Waals surface area (Å²) in [5, 5.41) is 8.83. The van der Waals surface area contributed by atoms with Crippen LogP contribution in [0.4, 0.5) is 0 Å². The lowest BCUT2D eigenvalue weighted by atomic mass is 9.99. The van der Waals surface area contributed by atoms with Crippen LogP contribution in [-0.2, 0) is 27.3 Å². The molecule has 3 amide bonds. The van der Waals surface area contributed by atoms with Crippen LogP contribution >= 0.6 is 0 Å². The number of hydrogen-bond acceptors (Lipinski definition) is 6. The van der Waals surface area contributed by atoms with E-state index in [-0.39, 0.29) is 23.6 Å². The highest BCUT2D eigenvalue weighted by atomic mass is 16.2. The molecule has 0 radical (unpaired) electrons. The second kappa shape index (κ2) is 13.9. The van der Waals surface area contributed by atoms with Gasteiger partial charge < -0.3 is 20.9 Å². The monoisotopic (exact) mass is 508 g/mol. The summed E-state index contributed by atoms with van der Waals surface area (Å²) in [4.78, 5) is 47.7. The number of aromatic nitrogens is 1. The molecule has 0 aliphatic carbocycles. The third-order valence-electron chi connectivity index (χ3n) is 6.82. The third-order valence-corrected chi connectivity index (χ3v) is 6.82. The highest BCUT2D eigenvalue weighted by Crippen LogP contribution is 2.17. The quantitative estimate of drug-likeness (QED) is 0.421. The number of benzene rings is 1. The van der Waals surface area contributed by atoms with E-state index >= 15 is 0 Å². The van der Waals surface area contributed by atoms with Crippen LogP contribution in [0.15, 0.2) is 54.9 Å². The number of likely N-dealkylation sites (N-methyl/N-ethyl adjacent to an activating group) is 1. The standard InChI is InChI=1S/C28H40N6O3/c1-20(2)25(32-26(35)21(3)29-4)28(37)34-17-16-33(18-23-8-6-5-7-9-23)19-24(34)27(36)31-15-12-22-10-13-30-14-11-22/h5-11,13-14,20-21,24-25,29H,12,15-19H2,1-4H3,(H,31,36)(H,32,35)/t21-,24-,25-/m0/s1. The van der Waals surface area contributed by atoms with Gasteiger partial charge in [0.05, 0.1) is 6.04 Å². The number of amides is 3. The van der Waals surface area contributed by atoms with Gasteiger partial charge in [0.2, 0.25) is 17.7 Å². The normalized spacial score (nSPS) is 17.8. The van der Waals surface area contributed by atoms with E-state index in [1.165, 1.54) is 0 Å². The molecular weight excluding hydrogens is 468 g/mol. The summed E-state index contributed by atoms with van der Waals surface area (Å²) < 4.78 is 0. The Morgan fingerprint density at radius 3 is 2.35 bits per heavy atom. The van der Waals surface area contributed by atoms with E-state index < -0.39 is 18.1 Å². The van der Waals surface area contributed by atoms with Crippen LogP contribution < -0.4 is 16.0 Å². The van der Waals surface area contributed by atoms with Crippen LogP contribution in [0, 0.1) is 5.92 Å². The van der Waals surface area contributed by atoms with Gasteiger partial charge in [-0.15, -0.1) is 0 Å². The first kappa shape index (κ1) is 28.3. The fourth-order valence-electron chi connectivity index (χ4n) is 4.41. The van der Waals surface area contributed by atoms with Crippen LogP contribution in [-0.4, -0.2) is 83.9 Å². The number of rotatable bonds is 11. The van der Waals surface area contributed by atoms with Gasteiger partial charge in [-0.1, -0.05) is 44.2 Å². The lowest BCUT2D eigenvalue weighted by Gasteiger charge is -2.42. The maximum absolute atomic E-state index is 13.7. The van der Waals surface area contributed by atoms with E-state index in [9.17, 15) is 14.4 Å². The molecule has 2 heterocycles. The topological polar surface area (TPSA) is 107 Å². The average Bonchev–Trinajstić information content (AvgIpc) is 2.91. The molecule has 1 aliphatic rings. The van der Waals surface area contributed by atoms with E-state index in [0.29, 0.717) is 39.1 Å². The van der Waals surface area contributed by atoms with Gasteiger partial charge in [-0.05, 0) is 49.6 Å². The summed E-state index contributed by atoms with van der Waals surface area (Å²) in [6, 6.07) is 12.2. The van der Waals surface area contributed by atoms with E-state index in [4.69, 9.17) is 0 Å². The first-order valence-electron chi connectivity index (χ1n) is 13.0. The predicted molar refractivity (Wildman–Crippen MR) is 143 cm³/mol. The van der Waals surface area contributed by atoms with Crippen molar-refractivity contribution in [1.82, 2.24) is 30.7 Å². The molecule has 200 valence electrons. The molecule has 3 rings (SSSR count). The Kier molecular flexibility index (Phi) is 10.6. The summed E-state index contributed by atoms with van der Waals surface area (Å²) >= 11 is 0. The zero-order valence-corrected chi connectivity index (χ0v) is 22.3. The van der Waals surface area contributed by atoms with Crippen molar-refractivity contribution >= 4 is 17.7 Å². The molecule has 0 bridgehead atoms. The lowest BCUT2D eigenvalue weighted by molar-refractivity contribution is -0.147. The Morgan fingerprint density at radius 2 is 1.70 bits per heavy atom. The summed E-state index contributed by atoms with van der Waals surface area (Å²) in [6.45, 7) is 8.20. The second-order valence-electron chi connectivity index (χ2n) is 9.91. The molecule has 1 aromatic heterocycles. The van der Waals surface area contributed by atoms with Crippen molar-refractivity contribution in [2.24, 2.45) is 5.92 Å². The molecule has 1 aromatic carbocycles. The van der Waals surface area contributed by atoms with Gasteiger partial charge in [-0.25, -0.2) is 0 Å². The molecule has 1 saturated heterocycles.